The van der Waals surface area contributed by atoms with Gasteiger partial charge in [-0.1, -0.05) is 42.1 Å². The van der Waals surface area contributed by atoms with Crippen LogP contribution in [0.5, 0.6) is 5.75 Å². The average Bonchev–Trinajstić information content (AvgIpc) is 2.42. The molecule has 1 saturated carbocycles. The Morgan fingerprint density at radius 3 is 2.55 bits per heavy atom. The van der Waals surface area contributed by atoms with E-state index in [9.17, 15) is 5.11 Å². The van der Waals surface area contributed by atoms with Crippen molar-refractivity contribution >= 4 is 23.2 Å². The number of aliphatic hydroxyl groups excluding tert-OH is 1. The molecule has 0 saturated heterocycles. The highest BCUT2D eigenvalue weighted by Crippen LogP contribution is 2.32. The topological polar surface area (TPSA) is 32.7 Å². The fourth-order valence-electron chi connectivity index (χ4n) is 2.68. The van der Waals surface area contributed by atoms with E-state index in [-0.39, 0.29) is 12.1 Å². The van der Waals surface area contributed by atoms with E-state index in [2.05, 4.69) is 4.90 Å². The van der Waals surface area contributed by atoms with Gasteiger partial charge in [0.15, 0.2) is 5.75 Å². The van der Waals surface area contributed by atoms with E-state index >= 15 is 0 Å². The molecule has 0 aliphatic heterocycles. The number of hydrogen-bond donors (Lipinski definition) is 1. The molecule has 1 aliphatic carbocycles. The molecule has 0 heterocycles. The highest BCUT2D eigenvalue weighted by molar-refractivity contribution is 6.37. The monoisotopic (exact) mass is 317 g/mol. The van der Waals surface area contributed by atoms with Crippen LogP contribution in [-0.2, 0) is 0 Å². The first-order valence-corrected chi connectivity index (χ1v) is 7.80. The van der Waals surface area contributed by atoms with Crippen LogP contribution in [0.3, 0.4) is 0 Å². The van der Waals surface area contributed by atoms with Crippen LogP contribution in [0.15, 0.2) is 18.2 Å². The van der Waals surface area contributed by atoms with E-state index in [4.69, 9.17) is 27.9 Å². The summed E-state index contributed by atoms with van der Waals surface area (Å²) in [6.07, 6.45) is 4.02. The van der Waals surface area contributed by atoms with Gasteiger partial charge in [-0.05, 0) is 32.0 Å². The van der Waals surface area contributed by atoms with Crippen LogP contribution < -0.4 is 4.74 Å². The van der Waals surface area contributed by atoms with Gasteiger partial charge in [-0.3, -0.25) is 4.90 Å². The van der Waals surface area contributed by atoms with E-state index in [1.54, 1.807) is 18.2 Å². The molecule has 1 aliphatic rings. The Labute approximate surface area is 130 Å². The number of ether oxygens (including phenoxy) is 1. The molecule has 1 aromatic carbocycles. The van der Waals surface area contributed by atoms with Crippen LogP contribution in [0.25, 0.3) is 0 Å². The predicted octanol–water partition coefficient (Wildman–Crippen LogP) is 3.61. The first-order chi connectivity index (χ1) is 9.59. The number of nitrogens with zero attached hydrogens (tertiary/aromatic N) is 1. The van der Waals surface area contributed by atoms with Gasteiger partial charge in [-0.15, -0.1) is 0 Å². The summed E-state index contributed by atoms with van der Waals surface area (Å²) in [5, 5.41) is 11.1. The second kappa shape index (κ2) is 7.51. The molecular formula is C15H21Cl2NO2. The van der Waals surface area contributed by atoms with Crippen molar-refractivity contribution in [1.29, 1.82) is 0 Å². The minimum absolute atomic E-state index is 0.224. The maximum Gasteiger partial charge on any atom is 0.156 e. The fraction of sp³-hybridized carbons (Fsp3) is 0.600. The number of hydrogen-bond acceptors (Lipinski definition) is 3. The van der Waals surface area contributed by atoms with Crippen LogP contribution in [-0.4, -0.2) is 42.4 Å². The molecular weight excluding hydrogens is 297 g/mol. The summed E-state index contributed by atoms with van der Waals surface area (Å²) in [6, 6.07) is 5.55. The Morgan fingerprint density at radius 2 is 1.90 bits per heavy atom. The molecule has 0 radical (unpaired) electrons. The highest BCUT2D eigenvalue weighted by atomic mass is 35.5. The summed E-state index contributed by atoms with van der Waals surface area (Å²) < 4.78 is 5.68. The number of rotatable bonds is 5. The zero-order valence-corrected chi connectivity index (χ0v) is 13.2. The third-order valence-electron chi connectivity index (χ3n) is 3.87. The van der Waals surface area contributed by atoms with Gasteiger partial charge in [-0.2, -0.15) is 0 Å². The Balaban J connectivity index is 1.83. The molecule has 1 aromatic rings. The van der Waals surface area contributed by atoms with Crippen LogP contribution in [0.1, 0.15) is 25.7 Å². The van der Waals surface area contributed by atoms with Crippen molar-refractivity contribution in [2.45, 2.75) is 37.8 Å². The molecule has 5 heteroatoms. The molecule has 20 heavy (non-hydrogen) atoms. The first-order valence-electron chi connectivity index (χ1n) is 7.04. The summed E-state index contributed by atoms with van der Waals surface area (Å²) in [7, 11) is 2.02. The highest BCUT2D eigenvalue weighted by Gasteiger charge is 2.26. The summed E-state index contributed by atoms with van der Waals surface area (Å²) in [4.78, 5) is 2.16. The van der Waals surface area contributed by atoms with Crippen molar-refractivity contribution in [3.63, 3.8) is 0 Å². The Hall–Kier alpha value is -0.480. The van der Waals surface area contributed by atoms with E-state index in [0.29, 0.717) is 22.4 Å². The lowest BCUT2D eigenvalue weighted by Crippen LogP contribution is -2.44. The maximum atomic E-state index is 10.0. The molecule has 1 N–H and O–H groups in total. The molecule has 2 unspecified atom stereocenters. The molecule has 0 amide bonds. The lowest BCUT2D eigenvalue weighted by Gasteiger charge is -2.35. The van der Waals surface area contributed by atoms with Crippen molar-refractivity contribution in [3.8, 4) is 5.75 Å². The quantitative estimate of drug-likeness (QED) is 0.900. The van der Waals surface area contributed by atoms with Gasteiger partial charge in [0.25, 0.3) is 0 Å². The zero-order valence-electron chi connectivity index (χ0n) is 11.7. The molecule has 0 spiro atoms. The maximum absolute atomic E-state index is 10.0. The smallest absolute Gasteiger partial charge is 0.156 e. The lowest BCUT2D eigenvalue weighted by atomic mass is 9.92. The van der Waals surface area contributed by atoms with Crippen molar-refractivity contribution in [3.05, 3.63) is 28.2 Å². The molecule has 0 aromatic heterocycles. The second-order valence-corrected chi connectivity index (χ2v) is 6.11. The van der Waals surface area contributed by atoms with Crippen LogP contribution in [0, 0.1) is 0 Å². The molecule has 2 atom stereocenters. The molecule has 3 nitrogen and oxygen atoms in total. The Bertz CT molecular complexity index is 422. The summed E-state index contributed by atoms with van der Waals surface area (Å²) >= 11 is 12.1. The zero-order chi connectivity index (χ0) is 14.5. The molecule has 112 valence electrons. The van der Waals surface area contributed by atoms with E-state index in [0.717, 1.165) is 25.8 Å². The Kier molecular flexibility index (Phi) is 5.97. The second-order valence-electron chi connectivity index (χ2n) is 5.30. The van der Waals surface area contributed by atoms with E-state index < -0.39 is 0 Å². The van der Waals surface area contributed by atoms with Crippen molar-refractivity contribution < 1.29 is 9.84 Å². The standard InChI is InChI=1S/C15H21Cl2NO2/c1-18(13-7-2-3-8-14(13)19)9-10-20-15-11(16)5-4-6-12(15)17/h4-6,13-14,19H,2-3,7-10H2,1H3. The van der Waals surface area contributed by atoms with Crippen molar-refractivity contribution in [1.82, 2.24) is 4.90 Å². The van der Waals surface area contributed by atoms with Gasteiger partial charge in [0.05, 0.1) is 16.1 Å². The summed E-state index contributed by atoms with van der Waals surface area (Å²) in [6.45, 7) is 1.24. The third kappa shape index (κ3) is 4.01. The minimum atomic E-state index is -0.224. The van der Waals surface area contributed by atoms with E-state index in [1.165, 1.54) is 6.42 Å². The summed E-state index contributed by atoms with van der Waals surface area (Å²) in [5.41, 5.74) is 0. The minimum Gasteiger partial charge on any atom is -0.489 e. The normalized spacial score (nSPS) is 23.1. The number of halogens is 2. The van der Waals surface area contributed by atoms with E-state index in [1.807, 2.05) is 7.05 Å². The SMILES string of the molecule is CN(CCOc1c(Cl)cccc1Cl)C1CCCCC1O. The van der Waals surface area contributed by atoms with Gasteiger partial charge < -0.3 is 9.84 Å². The number of benzene rings is 1. The number of likely N-dealkylation sites (N-methyl/N-ethyl adjacent to an activating group) is 1. The molecule has 1 fully saturated rings. The largest absolute Gasteiger partial charge is 0.489 e. The van der Waals surface area contributed by atoms with Crippen LogP contribution in [0.2, 0.25) is 10.0 Å². The van der Waals surface area contributed by atoms with Crippen molar-refractivity contribution in [2.75, 3.05) is 20.2 Å². The van der Waals surface area contributed by atoms with Crippen LogP contribution >= 0.6 is 23.2 Å². The Morgan fingerprint density at radius 1 is 1.25 bits per heavy atom. The first kappa shape index (κ1) is 15.9. The number of para-hydroxylation sites is 1. The fourth-order valence-corrected chi connectivity index (χ4v) is 3.19. The number of aliphatic hydroxyl groups is 1. The predicted molar refractivity (Wildman–Crippen MR) is 82.8 cm³/mol. The van der Waals surface area contributed by atoms with Gasteiger partial charge in [0.2, 0.25) is 0 Å². The lowest BCUT2D eigenvalue weighted by molar-refractivity contribution is 0.0272. The van der Waals surface area contributed by atoms with Gasteiger partial charge >= 0.3 is 0 Å². The molecule has 2 rings (SSSR count). The van der Waals surface area contributed by atoms with Gasteiger partial charge in [-0.25, -0.2) is 0 Å². The average molecular weight is 318 g/mol. The summed E-state index contributed by atoms with van der Waals surface area (Å²) in [5.74, 6) is 0.536. The van der Waals surface area contributed by atoms with Crippen LogP contribution in [0.4, 0.5) is 0 Å². The third-order valence-corrected chi connectivity index (χ3v) is 4.46. The molecule has 0 bridgehead atoms. The van der Waals surface area contributed by atoms with Gasteiger partial charge in [0.1, 0.15) is 6.61 Å². The van der Waals surface area contributed by atoms with Gasteiger partial charge in [0, 0.05) is 12.6 Å². The van der Waals surface area contributed by atoms with Crippen molar-refractivity contribution in [2.24, 2.45) is 0 Å².